The number of amides is 1. The van der Waals surface area contributed by atoms with Crippen molar-refractivity contribution in [3.63, 3.8) is 0 Å². The topological polar surface area (TPSA) is 64.1 Å². The van der Waals surface area contributed by atoms with Crippen LogP contribution in [0.5, 0.6) is 5.88 Å². The Balaban J connectivity index is 1.43. The molecule has 32 heavy (non-hydrogen) atoms. The molecule has 0 atom stereocenters. The number of fused-ring (bicyclic) bond motifs is 1. The molecular formula is C23H18F3N3O2S. The third kappa shape index (κ3) is 4.88. The molecule has 0 aliphatic rings. The zero-order valence-corrected chi connectivity index (χ0v) is 17.8. The molecule has 3 heterocycles. The monoisotopic (exact) mass is 457 g/mol. The molecule has 0 spiro atoms. The van der Waals surface area contributed by atoms with Crippen molar-refractivity contribution in [2.24, 2.45) is 0 Å². The van der Waals surface area contributed by atoms with Crippen LogP contribution in [0.2, 0.25) is 0 Å². The number of benzene rings is 1. The fourth-order valence-corrected chi connectivity index (χ4v) is 4.20. The standard InChI is InChI=1S/C23H18F3N3O2S/c1-14-17-7-8-18(23(24,25)26)29-22(17)32-20(14)21(30)28-12-16-9-10-27-19(11-16)31-13-15-5-3-2-4-6-15/h2-11H,12-13H2,1H3,(H,28,30). The Labute approximate surface area is 185 Å². The number of halogens is 3. The van der Waals surface area contributed by atoms with E-state index in [2.05, 4.69) is 15.3 Å². The van der Waals surface area contributed by atoms with E-state index in [0.29, 0.717) is 28.3 Å². The van der Waals surface area contributed by atoms with Crippen LogP contribution in [0.25, 0.3) is 10.2 Å². The molecule has 0 saturated heterocycles. The lowest BCUT2D eigenvalue weighted by Gasteiger charge is -2.08. The molecule has 1 aromatic carbocycles. The van der Waals surface area contributed by atoms with Gasteiger partial charge in [0.2, 0.25) is 5.88 Å². The predicted octanol–water partition coefficient (Wildman–Crippen LogP) is 5.53. The molecule has 5 nitrogen and oxygen atoms in total. The molecule has 0 fully saturated rings. The van der Waals surface area contributed by atoms with E-state index >= 15 is 0 Å². The first kappa shape index (κ1) is 21.8. The number of rotatable bonds is 6. The van der Waals surface area contributed by atoms with E-state index in [4.69, 9.17) is 4.74 Å². The van der Waals surface area contributed by atoms with E-state index in [-0.39, 0.29) is 17.3 Å². The summed E-state index contributed by atoms with van der Waals surface area (Å²) in [7, 11) is 0. The van der Waals surface area contributed by atoms with Crippen molar-refractivity contribution in [3.8, 4) is 5.88 Å². The third-order valence-corrected chi connectivity index (χ3v) is 5.98. The number of aromatic nitrogens is 2. The van der Waals surface area contributed by atoms with Gasteiger partial charge in [0.1, 0.15) is 17.1 Å². The van der Waals surface area contributed by atoms with Gasteiger partial charge >= 0.3 is 6.18 Å². The number of hydrogen-bond donors (Lipinski definition) is 1. The van der Waals surface area contributed by atoms with Crippen LogP contribution in [0.3, 0.4) is 0 Å². The van der Waals surface area contributed by atoms with Crippen molar-refractivity contribution in [1.29, 1.82) is 0 Å². The summed E-state index contributed by atoms with van der Waals surface area (Å²) < 4.78 is 44.5. The fraction of sp³-hybridized carbons (Fsp3) is 0.174. The Kier molecular flexibility index (Phi) is 6.09. The highest BCUT2D eigenvalue weighted by atomic mass is 32.1. The maximum Gasteiger partial charge on any atom is 0.433 e. The largest absolute Gasteiger partial charge is 0.473 e. The van der Waals surface area contributed by atoms with E-state index in [0.717, 1.165) is 28.5 Å². The van der Waals surface area contributed by atoms with Crippen LogP contribution >= 0.6 is 11.3 Å². The first-order chi connectivity index (χ1) is 15.3. The summed E-state index contributed by atoms with van der Waals surface area (Å²) in [6, 6.07) is 15.4. The van der Waals surface area contributed by atoms with Crippen molar-refractivity contribution in [3.05, 3.63) is 88.1 Å². The average molecular weight is 457 g/mol. The summed E-state index contributed by atoms with van der Waals surface area (Å²) in [4.78, 5) is 21.1. The SMILES string of the molecule is Cc1c(C(=O)NCc2ccnc(OCc3ccccc3)c2)sc2nc(C(F)(F)F)ccc12. The van der Waals surface area contributed by atoms with E-state index in [9.17, 15) is 18.0 Å². The minimum atomic E-state index is -4.53. The summed E-state index contributed by atoms with van der Waals surface area (Å²) in [5.41, 5.74) is 1.42. The highest BCUT2D eigenvalue weighted by Gasteiger charge is 2.33. The van der Waals surface area contributed by atoms with Gasteiger partial charge in [-0.05, 0) is 41.8 Å². The van der Waals surface area contributed by atoms with Crippen LogP contribution in [0.15, 0.2) is 60.8 Å². The number of carbonyl (C=O) groups excluding carboxylic acids is 1. The van der Waals surface area contributed by atoms with Crippen LogP contribution < -0.4 is 10.1 Å². The summed E-state index contributed by atoms with van der Waals surface area (Å²) in [6.45, 7) is 2.29. The number of carbonyl (C=O) groups is 1. The highest BCUT2D eigenvalue weighted by Crippen LogP contribution is 2.34. The van der Waals surface area contributed by atoms with Crippen LogP contribution in [-0.2, 0) is 19.3 Å². The highest BCUT2D eigenvalue weighted by molar-refractivity contribution is 7.20. The zero-order valence-electron chi connectivity index (χ0n) is 16.9. The number of nitrogens with zero attached hydrogens (tertiary/aromatic N) is 2. The third-order valence-electron chi connectivity index (χ3n) is 4.78. The van der Waals surface area contributed by atoms with Gasteiger partial charge in [0.25, 0.3) is 5.91 Å². The second-order valence-electron chi connectivity index (χ2n) is 7.06. The molecule has 164 valence electrons. The summed E-state index contributed by atoms with van der Waals surface area (Å²) in [5, 5.41) is 3.34. The van der Waals surface area contributed by atoms with Crippen molar-refractivity contribution in [2.75, 3.05) is 0 Å². The van der Waals surface area contributed by atoms with Crippen LogP contribution in [0.4, 0.5) is 13.2 Å². The number of pyridine rings is 2. The molecule has 0 bridgehead atoms. The number of thiophene rings is 1. The number of aryl methyl sites for hydroxylation is 1. The number of hydrogen-bond acceptors (Lipinski definition) is 5. The van der Waals surface area contributed by atoms with Gasteiger partial charge in [-0.15, -0.1) is 11.3 Å². The minimum Gasteiger partial charge on any atom is -0.473 e. The lowest BCUT2D eigenvalue weighted by atomic mass is 10.1. The molecular weight excluding hydrogens is 439 g/mol. The normalized spacial score (nSPS) is 11.5. The summed E-state index contributed by atoms with van der Waals surface area (Å²) >= 11 is 0.946. The van der Waals surface area contributed by atoms with E-state index in [1.807, 2.05) is 30.3 Å². The molecule has 1 amide bonds. The molecule has 9 heteroatoms. The number of alkyl halides is 3. The van der Waals surface area contributed by atoms with Crippen molar-refractivity contribution in [1.82, 2.24) is 15.3 Å². The maximum atomic E-state index is 12.9. The van der Waals surface area contributed by atoms with Crippen molar-refractivity contribution >= 4 is 27.5 Å². The first-order valence-electron chi connectivity index (χ1n) is 9.68. The second-order valence-corrected chi connectivity index (χ2v) is 8.06. The molecule has 0 aliphatic heterocycles. The lowest BCUT2D eigenvalue weighted by Crippen LogP contribution is -2.22. The lowest BCUT2D eigenvalue weighted by molar-refractivity contribution is -0.140. The Morgan fingerprint density at radius 2 is 1.88 bits per heavy atom. The molecule has 1 N–H and O–H groups in total. The Morgan fingerprint density at radius 3 is 2.62 bits per heavy atom. The van der Waals surface area contributed by atoms with Gasteiger partial charge in [-0.2, -0.15) is 13.2 Å². The van der Waals surface area contributed by atoms with Gasteiger partial charge in [0.05, 0.1) is 4.88 Å². The van der Waals surface area contributed by atoms with Crippen LogP contribution in [0, 0.1) is 6.92 Å². The first-order valence-corrected chi connectivity index (χ1v) is 10.5. The zero-order chi connectivity index (χ0) is 22.7. The fourth-order valence-electron chi connectivity index (χ4n) is 3.11. The molecule has 0 aliphatic carbocycles. The Bertz CT molecular complexity index is 1260. The van der Waals surface area contributed by atoms with Crippen LogP contribution in [0.1, 0.15) is 32.1 Å². The van der Waals surface area contributed by atoms with Gasteiger partial charge in [0.15, 0.2) is 0 Å². The number of ether oxygens (including phenoxy) is 1. The van der Waals surface area contributed by atoms with Gasteiger partial charge in [-0.1, -0.05) is 30.3 Å². The Morgan fingerprint density at radius 1 is 1.09 bits per heavy atom. The van der Waals surface area contributed by atoms with E-state index < -0.39 is 11.9 Å². The molecule has 0 unspecified atom stereocenters. The maximum absolute atomic E-state index is 12.9. The summed E-state index contributed by atoms with van der Waals surface area (Å²) in [5.74, 6) is 0.0603. The molecule has 0 radical (unpaired) electrons. The smallest absolute Gasteiger partial charge is 0.433 e. The molecule has 4 rings (SSSR count). The quantitative estimate of drug-likeness (QED) is 0.414. The van der Waals surface area contributed by atoms with Gasteiger partial charge in [-0.25, -0.2) is 9.97 Å². The van der Waals surface area contributed by atoms with E-state index in [1.165, 1.54) is 6.07 Å². The Hall–Kier alpha value is -3.46. The van der Waals surface area contributed by atoms with Crippen LogP contribution in [-0.4, -0.2) is 15.9 Å². The predicted molar refractivity (Wildman–Crippen MR) is 116 cm³/mol. The molecule has 0 saturated carbocycles. The average Bonchev–Trinajstić information content (AvgIpc) is 3.12. The molecule has 3 aromatic heterocycles. The second kappa shape index (κ2) is 8.96. The van der Waals surface area contributed by atoms with Gasteiger partial charge in [-0.3, -0.25) is 4.79 Å². The number of nitrogens with one attached hydrogen (secondary N) is 1. The summed E-state index contributed by atoms with van der Waals surface area (Å²) in [6.07, 6.45) is -2.94. The van der Waals surface area contributed by atoms with E-state index in [1.54, 1.807) is 25.3 Å². The van der Waals surface area contributed by atoms with Gasteiger partial charge < -0.3 is 10.1 Å². The molecule has 4 aromatic rings. The minimum absolute atomic E-state index is 0.183. The van der Waals surface area contributed by atoms with Crippen molar-refractivity contribution in [2.45, 2.75) is 26.3 Å². The van der Waals surface area contributed by atoms with Crippen molar-refractivity contribution < 1.29 is 22.7 Å². The van der Waals surface area contributed by atoms with Gasteiger partial charge in [0, 0.05) is 24.2 Å².